The highest BCUT2D eigenvalue weighted by Gasteiger charge is 2.28. The zero-order valence-electron chi connectivity index (χ0n) is 6.52. The maximum atomic E-state index is 12.9. The molecule has 1 aromatic heterocycles. The Morgan fingerprint density at radius 2 is 2.17 bits per heavy atom. The maximum absolute atomic E-state index is 12.9. The number of aromatic nitrogens is 1. The van der Waals surface area contributed by atoms with Gasteiger partial charge in [-0.25, -0.2) is 13.8 Å². The van der Waals surface area contributed by atoms with Gasteiger partial charge >= 0.3 is 0 Å². The minimum Gasteiger partial charge on any atom is -0.244 e. The van der Waals surface area contributed by atoms with E-state index < -0.39 is 5.92 Å². The van der Waals surface area contributed by atoms with Crippen molar-refractivity contribution in [2.24, 2.45) is 0 Å². The highest BCUT2D eigenvalue weighted by Crippen LogP contribution is 2.30. The Balaban J connectivity index is 2.96. The summed E-state index contributed by atoms with van der Waals surface area (Å²) in [7, 11) is 0. The smallest absolute Gasteiger partial charge is 0.244 e. The molecule has 1 heterocycles. The van der Waals surface area contributed by atoms with Gasteiger partial charge in [0, 0.05) is 18.2 Å². The molecular weight excluding hydrogens is 184 g/mol. The molecule has 0 aromatic carbocycles. The van der Waals surface area contributed by atoms with E-state index in [4.69, 9.17) is 11.6 Å². The molecule has 1 nitrogen and oxygen atoms in total. The van der Waals surface area contributed by atoms with E-state index in [9.17, 15) is 8.78 Å². The Hall–Kier alpha value is -0.700. The van der Waals surface area contributed by atoms with E-state index in [-0.39, 0.29) is 17.1 Å². The third-order valence-corrected chi connectivity index (χ3v) is 1.82. The van der Waals surface area contributed by atoms with Crippen molar-refractivity contribution in [1.29, 1.82) is 0 Å². The molecule has 0 aliphatic carbocycles. The summed E-state index contributed by atoms with van der Waals surface area (Å²) in [6.45, 7) is 1.43. The van der Waals surface area contributed by atoms with E-state index >= 15 is 0 Å². The minimum absolute atomic E-state index is 0.0885. The van der Waals surface area contributed by atoms with E-state index in [0.717, 1.165) is 6.20 Å². The predicted octanol–water partition coefficient (Wildman–Crippen LogP) is 3.24. The molecule has 0 saturated carbocycles. The van der Waals surface area contributed by atoms with Crippen molar-refractivity contribution in [2.45, 2.75) is 19.3 Å². The van der Waals surface area contributed by atoms with Crippen molar-refractivity contribution < 1.29 is 8.78 Å². The van der Waals surface area contributed by atoms with Crippen LogP contribution in [-0.2, 0) is 5.92 Å². The van der Waals surface area contributed by atoms with Gasteiger partial charge in [-0.2, -0.15) is 0 Å². The fourth-order valence-corrected chi connectivity index (χ4v) is 0.908. The van der Waals surface area contributed by atoms with Gasteiger partial charge < -0.3 is 0 Å². The summed E-state index contributed by atoms with van der Waals surface area (Å²) in [4.78, 5) is 3.58. The fourth-order valence-electron chi connectivity index (χ4n) is 0.796. The highest BCUT2D eigenvalue weighted by atomic mass is 35.5. The second kappa shape index (κ2) is 3.35. The van der Waals surface area contributed by atoms with Crippen LogP contribution >= 0.6 is 11.6 Å². The van der Waals surface area contributed by atoms with E-state index in [2.05, 4.69) is 4.98 Å². The van der Waals surface area contributed by atoms with Crippen LogP contribution in [0.5, 0.6) is 0 Å². The summed E-state index contributed by atoms with van der Waals surface area (Å²) >= 11 is 5.45. The molecule has 0 spiro atoms. The lowest BCUT2D eigenvalue weighted by atomic mass is 10.1. The molecule has 12 heavy (non-hydrogen) atoms. The van der Waals surface area contributed by atoms with Crippen LogP contribution in [0, 0.1) is 0 Å². The quantitative estimate of drug-likeness (QED) is 0.654. The number of alkyl halides is 2. The average molecular weight is 192 g/mol. The van der Waals surface area contributed by atoms with Gasteiger partial charge in [0.1, 0.15) is 5.15 Å². The van der Waals surface area contributed by atoms with Gasteiger partial charge in [-0.1, -0.05) is 18.5 Å². The lowest BCUT2D eigenvalue weighted by Crippen LogP contribution is -2.11. The second-order valence-corrected chi connectivity index (χ2v) is 2.81. The molecule has 0 bridgehead atoms. The van der Waals surface area contributed by atoms with Gasteiger partial charge in [0.05, 0.1) is 0 Å². The maximum Gasteiger partial charge on any atom is 0.274 e. The summed E-state index contributed by atoms with van der Waals surface area (Å²) in [6.07, 6.45) is 0.877. The van der Waals surface area contributed by atoms with E-state index in [1.165, 1.54) is 19.1 Å². The van der Waals surface area contributed by atoms with Crippen molar-refractivity contribution in [3.05, 3.63) is 29.0 Å². The summed E-state index contributed by atoms with van der Waals surface area (Å²) in [5, 5.41) is 0.227. The molecule has 4 heteroatoms. The standard InChI is InChI=1S/C8H8ClF2N/c1-2-8(10,11)6-3-4-7(9)12-5-6/h3-5H,2H2,1H3. The summed E-state index contributed by atoms with van der Waals surface area (Å²) in [5.74, 6) is -2.79. The van der Waals surface area contributed by atoms with E-state index in [0.29, 0.717) is 0 Å². The molecule has 0 unspecified atom stereocenters. The molecule has 1 aromatic rings. The highest BCUT2D eigenvalue weighted by molar-refractivity contribution is 6.29. The number of pyridine rings is 1. The Kier molecular flexibility index (Phi) is 2.62. The molecule has 66 valence electrons. The summed E-state index contributed by atoms with van der Waals surface area (Å²) < 4.78 is 25.9. The first kappa shape index (κ1) is 9.39. The molecule has 0 aliphatic rings. The summed E-state index contributed by atoms with van der Waals surface area (Å²) in [6, 6.07) is 2.65. The van der Waals surface area contributed by atoms with Crippen molar-refractivity contribution in [1.82, 2.24) is 4.98 Å². The molecule has 1 rings (SSSR count). The van der Waals surface area contributed by atoms with Gasteiger partial charge in [-0.3, -0.25) is 0 Å². The van der Waals surface area contributed by atoms with Gasteiger partial charge in [0.15, 0.2) is 0 Å². The van der Waals surface area contributed by atoms with E-state index in [1.807, 2.05) is 0 Å². The monoisotopic (exact) mass is 191 g/mol. The fraction of sp³-hybridized carbons (Fsp3) is 0.375. The Morgan fingerprint density at radius 1 is 1.50 bits per heavy atom. The topological polar surface area (TPSA) is 12.9 Å². The van der Waals surface area contributed by atoms with Crippen molar-refractivity contribution in [2.75, 3.05) is 0 Å². The average Bonchev–Trinajstić information content (AvgIpc) is 2.05. The van der Waals surface area contributed by atoms with Crippen LogP contribution in [0.4, 0.5) is 8.78 Å². The van der Waals surface area contributed by atoms with Gasteiger partial charge in [-0.05, 0) is 12.1 Å². The predicted molar refractivity (Wildman–Crippen MR) is 43.4 cm³/mol. The number of hydrogen-bond acceptors (Lipinski definition) is 1. The molecule has 0 saturated heterocycles. The van der Waals surface area contributed by atoms with Crippen molar-refractivity contribution in [3.8, 4) is 0 Å². The van der Waals surface area contributed by atoms with Crippen LogP contribution in [0.25, 0.3) is 0 Å². The minimum atomic E-state index is -2.79. The SMILES string of the molecule is CCC(F)(F)c1ccc(Cl)nc1. The van der Waals surface area contributed by atoms with Gasteiger partial charge in [-0.15, -0.1) is 0 Å². The Morgan fingerprint density at radius 3 is 2.58 bits per heavy atom. The summed E-state index contributed by atoms with van der Waals surface area (Å²) in [5.41, 5.74) is -0.0885. The van der Waals surface area contributed by atoms with Crippen LogP contribution < -0.4 is 0 Å². The van der Waals surface area contributed by atoms with Gasteiger partial charge in [0.2, 0.25) is 0 Å². The van der Waals surface area contributed by atoms with Crippen molar-refractivity contribution in [3.63, 3.8) is 0 Å². The van der Waals surface area contributed by atoms with E-state index in [1.54, 1.807) is 0 Å². The van der Waals surface area contributed by atoms with Crippen LogP contribution in [0.2, 0.25) is 5.15 Å². The number of nitrogens with zero attached hydrogens (tertiary/aromatic N) is 1. The molecule has 0 fully saturated rings. The molecular formula is C8H8ClF2N. The first-order valence-corrected chi connectivity index (χ1v) is 3.94. The number of hydrogen-bond donors (Lipinski definition) is 0. The zero-order valence-corrected chi connectivity index (χ0v) is 7.28. The molecule has 0 N–H and O–H groups in total. The van der Waals surface area contributed by atoms with Crippen LogP contribution in [0.1, 0.15) is 18.9 Å². The molecule has 0 atom stereocenters. The lowest BCUT2D eigenvalue weighted by Gasteiger charge is -2.12. The van der Waals surface area contributed by atoms with Gasteiger partial charge in [0.25, 0.3) is 5.92 Å². The molecule has 0 aliphatic heterocycles. The Labute approximate surface area is 74.4 Å². The van der Waals surface area contributed by atoms with Crippen LogP contribution in [0.3, 0.4) is 0 Å². The second-order valence-electron chi connectivity index (χ2n) is 2.43. The molecule has 0 amide bonds. The normalized spacial score (nSPS) is 11.7. The number of rotatable bonds is 2. The third kappa shape index (κ3) is 1.91. The first-order chi connectivity index (χ1) is 5.56. The first-order valence-electron chi connectivity index (χ1n) is 3.56. The largest absolute Gasteiger partial charge is 0.274 e. The third-order valence-electron chi connectivity index (χ3n) is 1.59. The van der Waals surface area contributed by atoms with Crippen LogP contribution in [-0.4, -0.2) is 4.98 Å². The van der Waals surface area contributed by atoms with Crippen LogP contribution in [0.15, 0.2) is 18.3 Å². The van der Waals surface area contributed by atoms with Crippen molar-refractivity contribution >= 4 is 11.6 Å². The lowest BCUT2D eigenvalue weighted by molar-refractivity contribution is -0.00860. The Bertz CT molecular complexity index is 258. The zero-order chi connectivity index (χ0) is 9.19. The molecule has 0 radical (unpaired) electrons. The number of halogens is 3.